The predicted octanol–water partition coefficient (Wildman–Crippen LogP) is 4.62. The van der Waals surface area contributed by atoms with Gasteiger partial charge in [0.15, 0.2) is 6.04 Å². The van der Waals surface area contributed by atoms with Gasteiger partial charge in [0.25, 0.3) is 5.91 Å². The van der Waals surface area contributed by atoms with Crippen molar-refractivity contribution in [3.63, 3.8) is 0 Å². The second-order valence-electron chi connectivity index (χ2n) is 7.48. The topological polar surface area (TPSA) is 61.5 Å². The molecular formula is C25H25ClN3O+. The molecule has 1 atom stereocenters. The van der Waals surface area contributed by atoms with E-state index in [1.54, 1.807) is 6.07 Å². The number of fused-ring (bicyclic) bond motifs is 1. The van der Waals surface area contributed by atoms with Crippen LogP contribution in [-0.4, -0.2) is 17.4 Å². The molecule has 0 unspecified atom stereocenters. The Bertz CT molecular complexity index is 1150. The Labute approximate surface area is 181 Å². The number of hydrogen-bond acceptors (Lipinski definition) is 1. The van der Waals surface area contributed by atoms with E-state index in [0.717, 1.165) is 29.6 Å². The highest BCUT2D eigenvalue weighted by Crippen LogP contribution is 2.21. The van der Waals surface area contributed by atoms with E-state index in [9.17, 15) is 4.79 Å². The van der Waals surface area contributed by atoms with Crippen molar-refractivity contribution >= 4 is 34.1 Å². The maximum Gasteiger partial charge on any atom is 0.287 e. The monoisotopic (exact) mass is 418 g/mol. The van der Waals surface area contributed by atoms with Gasteiger partial charge in [-0.25, -0.2) is 0 Å². The molecule has 1 amide bonds. The van der Waals surface area contributed by atoms with E-state index >= 15 is 0 Å². The average Bonchev–Trinajstić information content (AvgIpc) is 3.17. The van der Waals surface area contributed by atoms with Crippen LogP contribution in [0.5, 0.6) is 0 Å². The lowest BCUT2D eigenvalue weighted by Crippen LogP contribution is -2.87. The van der Waals surface area contributed by atoms with E-state index in [-0.39, 0.29) is 11.9 Å². The number of H-pyrrole nitrogens is 1. The summed E-state index contributed by atoms with van der Waals surface area (Å²) in [4.78, 5) is 16.4. The summed E-state index contributed by atoms with van der Waals surface area (Å²) in [5.41, 5.74) is 5.08. The lowest BCUT2D eigenvalue weighted by atomic mass is 10.0. The number of nitrogens with two attached hydrogens (primary N) is 1. The molecule has 4 N–H and O–H groups in total. The standard InChI is InChI=1S/C25H24ClN3O/c1-17-11-12-20(15-22(17)26)29-25(30)24(18-7-3-2-4-8-18)27-14-13-19-16-28-23-10-6-5-9-21(19)23/h2-12,15-16,24,27-28H,13-14H2,1H3,(H,29,30)/p+1/t24-/m0/s1. The van der Waals surface area contributed by atoms with E-state index in [2.05, 4.69) is 40.0 Å². The van der Waals surface area contributed by atoms with E-state index in [0.29, 0.717) is 10.7 Å². The molecule has 5 heteroatoms. The fourth-order valence-electron chi connectivity index (χ4n) is 3.69. The van der Waals surface area contributed by atoms with Crippen LogP contribution in [0.15, 0.2) is 79.0 Å². The fraction of sp³-hybridized carbons (Fsp3) is 0.160. The summed E-state index contributed by atoms with van der Waals surface area (Å²) in [6.07, 6.45) is 2.93. The molecule has 4 rings (SSSR count). The number of carbonyl (C=O) groups is 1. The largest absolute Gasteiger partial charge is 0.361 e. The maximum atomic E-state index is 13.1. The van der Waals surface area contributed by atoms with E-state index < -0.39 is 0 Å². The first-order valence-electron chi connectivity index (χ1n) is 10.1. The lowest BCUT2D eigenvalue weighted by molar-refractivity contribution is -0.682. The molecule has 0 aliphatic heterocycles. The molecular weight excluding hydrogens is 394 g/mol. The summed E-state index contributed by atoms with van der Waals surface area (Å²) in [6.45, 7) is 2.74. The van der Waals surface area contributed by atoms with Crippen LogP contribution >= 0.6 is 11.6 Å². The zero-order chi connectivity index (χ0) is 20.9. The highest BCUT2D eigenvalue weighted by Gasteiger charge is 2.24. The van der Waals surface area contributed by atoms with E-state index in [1.807, 2.05) is 55.5 Å². The Hall–Kier alpha value is -3.08. The average molecular weight is 419 g/mol. The van der Waals surface area contributed by atoms with Gasteiger partial charge >= 0.3 is 0 Å². The number of nitrogens with one attached hydrogen (secondary N) is 2. The molecule has 4 nitrogen and oxygen atoms in total. The molecule has 1 aromatic heterocycles. The number of aromatic nitrogens is 1. The predicted molar refractivity (Wildman–Crippen MR) is 123 cm³/mol. The minimum absolute atomic E-state index is 0.0555. The molecule has 0 spiro atoms. The van der Waals surface area contributed by atoms with Crippen molar-refractivity contribution in [2.24, 2.45) is 0 Å². The minimum Gasteiger partial charge on any atom is -0.361 e. The number of aryl methyl sites for hydroxylation is 1. The molecule has 0 saturated carbocycles. The quantitative estimate of drug-likeness (QED) is 0.403. The first-order valence-corrected chi connectivity index (χ1v) is 10.5. The van der Waals surface area contributed by atoms with Crippen LogP contribution in [0, 0.1) is 6.92 Å². The number of hydrogen-bond donors (Lipinski definition) is 3. The molecule has 0 fully saturated rings. The Kier molecular flexibility index (Phi) is 6.17. The lowest BCUT2D eigenvalue weighted by Gasteiger charge is -2.16. The third-order valence-corrected chi connectivity index (χ3v) is 5.78. The van der Waals surface area contributed by atoms with Crippen LogP contribution in [0.1, 0.15) is 22.7 Å². The molecule has 1 heterocycles. The molecule has 0 saturated heterocycles. The highest BCUT2D eigenvalue weighted by molar-refractivity contribution is 6.31. The van der Waals surface area contributed by atoms with Gasteiger partial charge in [-0.15, -0.1) is 0 Å². The Morgan fingerprint density at radius 3 is 2.63 bits per heavy atom. The number of aromatic amines is 1. The number of carbonyl (C=O) groups excluding carboxylic acids is 1. The van der Waals surface area contributed by atoms with Crippen molar-refractivity contribution in [3.8, 4) is 0 Å². The van der Waals surface area contributed by atoms with Gasteiger partial charge in [0.2, 0.25) is 0 Å². The number of benzene rings is 3. The van der Waals surface area contributed by atoms with Gasteiger partial charge in [-0.05, 0) is 36.2 Å². The van der Waals surface area contributed by atoms with Crippen molar-refractivity contribution in [2.75, 3.05) is 11.9 Å². The normalized spacial score (nSPS) is 12.1. The van der Waals surface area contributed by atoms with Gasteiger partial charge < -0.3 is 15.6 Å². The summed E-state index contributed by atoms with van der Waals surface area (Å²) in [7, 11) is 0. The Morgan fingerprint density at radius 2 is 1.83 bits per heavy atom. The smallest absolute Gasteiger partial charge is 0.287 e. The Morgan fingerprint density at radius 1 is 1.07 bits per heavy atom. The molecule has 0 aliphatic carbocycles. The van der Waals surface area contributed by atoms with Gasteiger partial charge in [-0.2, -0.15) is 0 Å². The molecule has 152 valence electrons. The zero-order valence-corrected chi connectivity index (χ0v) is 17.6. The maximum absolute atomic E-state index is 13.1. The van der Waals surface area contributed by atoms with E-state index in [1.165, 1.54) is 10.9 Å². The molecule has 0 aliphatic rings. The van der Waals surface area contributed by atoms with Crippen LogP contribution in [0.25, 0.3) is 10.9 Å². The van der Waals surface area contributed by atoms with Crippen molar-refractivity contribution in [2.45, 2.75) is 19.4 Å². The van der Waals surface area contributed by atoms with Crippen molar-refractivity contribution < 1.29 is 10.1 Å². The number of amides is 1. The fourth-order valence-corrected chi connectivity index (χ4v) is 3.87. The highest BCUT2D eigenvalue weighted by atomic mass is 35.5. The molecule has 4 aromatic rings. The number of rotatable bonds is 7. The second-order valence-corrected chi connectivity index (χ2v) is 7.88. The SMILES string of the molecule is Cc1ccc(NC(=O)[C@@H]([NH2+]CCc2c[nH]c3ccccc23)c2ccccc2)cc1Cl. The summed E-state index contributed by atoms with van der Waals surface area (Å²) < 4.78 is 0. The molecule has 0 radical (unpaired) electrons. The van der Waals surface area contributed by atoms with Crippen LogP contribution in [0.3, 0.4) is 0 Å². The van der Waals surface area contributed by atoms with Crippen molar-refractivity contribution in [1.29, 1.82) is 0 Å². The van der Waals surface area contributed by atoms with Gasteiger partial charge in [0.1, 0.15) is 0 Å². The van der Waals surface area contributed by atoms with Gasteiger partial charge in [-0.1, -0.05) is 66.2 Å². The number of quaternary nitrogens is 1. The number of anilines is 1. The van der Waals surface area contributed by atoms with Crippen molar-refractivity contribution in [1.82, 2.24) is 4.98 Å². The summed E-state index contributed by atoms with van der Waals surface area (Å²) in [5.74, 6) is -0.0555. The summed E-state index contributed by atoms with van der Waals surface area (Å²) in [5, 5.41) is 7.00. The van der Waals surface area contributed by atoms with Crippen LogP contribution in [0.2, 0.25) is 5.02 Å². The molecule has 0 bridgehead atoms. The van der Waals surface area contributed by atoms with Crippen LogP contribution < -0.4 is 10.6 Å². The molecule has 3 aromatic carbocycles. The van der Waals surface area contributed by atoms with Gasteiger partial charge in [0.05, 0.1) is 6.54 Å². The first kappa shape index (κ1) is 20.2. The first-order chi connectivity index (χ1) is 14.6. The molecule has 30 heavy (non-hydrogen) atoms. The third-order valence-electron chi connectivity index (χ3n) is 5.37. The minimum atomic E-state index is -0.337. The van der Waals surface area contributed by atoms with Gasteiger partial charge in [-0.3, -0.25) is 4.79 Å². The number of halogens is 1. The summed E-state index contributed by atoms with van der Waals surface area (Å²) >= 11 is 6.22. The van der Waals surface area contributed by atoms with Crippen molar-refractivity contribution in [3.05, 3.63) is 101 Å². The van der Waals surface area contributed by atoms with Gasteiger partial charge in [0, 0.05) is 39.8 Å². The summed E-state index contributed by atoms with van der Waals surface area (Å²) in [6, 6.07) is 23.4. The van der Waals surface area contributed by atoms with E-state index in [4.69, 9.17) is 11.6 Å². The van der Waals surface area contributed by atoms with Crippen LogP contribution in [0.4, 0.5) is 5.69 Å². The number of para-hydroxylation sites is 1. The second kappa shape index (κ2) is 9.16. The third kappa shape index (κ3) is 4.56. The zero-order valence-electron chi connectivity index (χ0n) is 16.9. The Balaban J connectivity index is 1.48. The van der Waals surface area contributed by atoms with Crippen LogP contribution in [-0.2, 0) is 11.2 Å².